The maximum Gasteiger partial charge on any atom is 0.221 e. The monoisotopic (exact) mass is 346 g/mol. The lowest BCUT2D eigenvalue weighted by Crippen LogP contribution is -2.07. The van der Waals surface area contributed by atoms with Gasteiger partial charge in [-0.15, -0.1) is 11.3 Å². The van der Waals surface area contributed by atoms with Crippen LogP contribution in [0.1, 0.15) is 33.3 Å². The Balaban J connectivity index is 2.40. The molecule has 1 aromatic carbocycles. The number of nitrogens with zero attached hydrogens (tertiary/aromatic N) is 1. The second-order valence-corrected chi connectivity index (χ2v) is 7.02. The molecule has 0 saturated heterocycles. The van der Waals surface area contributed by atoms with Gasteiger partial charge in [0.05, 0.1) is 16.4 Å². The smallest absolute Gasteiger partial charge is 0.221 e. The topological polar surface area (TPSA) is 90.2 Å². The number of anilines is 1. The summed E-state index contributed by atoms with van der Waals surface area (Å²) < 4.78 is 0.588. The highest BCUT2D eigenvalue weighted by Gasteiger charge is 2.23. The van der Waals surface area contributed by atoms with Gasteiger partial charge in [0.1, 0.15) is 5.40 Å². The molecule has 0 fully saturated rings. The number of thioether (sulfide) groups is 1. The van der Waals surface area contributed by atoms with Gasteiger partial charge in [0, 0.05) is 40.4 Å². The van der Waals surface area contributed by atoms with Gasteiger partial charge in [-0.3, -0.25) is 9.59 Å². The van der Waals surface area contributed by atoms with Crippen LogP contribution in [0.4, 0.5) is 5.69 Å². The molecule has 118 valence electrons. The molecule has 0 unspecified atom stereocenters. The van der Waals surface area contributed by atoms with Crippen LogP contribution in [0.2, 0.25) is 0 Å². The summed E-state index contributed by atoms with van der Waals surface area (Å²) >= 11 is 2.25. The van der Waals surface area contributed by atoms with E-state index in [1.807, 2.05) is 12.3 Å². The normalized spacial score (nSPS) is 10.2. The van der Waals surface area contributed by atoms with Crippen LogP contribution in [0.15, 0.2) is 28.5 Å². The number of thiophene rings is 1. The number of hydrogen-bond donors (Lipinski definition) is 2. The first-order valence-electron chi connectivity index (χ1n) is 6.69. The van der Waals surface area contributed by atoms with Gasteiger partial charge in [0.25, 0.3) is 0 Å². The lowest BCUT2D eigenvalue weighted by atomic mass is 10.0. The van der Waals surface area contributed by atoms with E-state index in [4.69, 9.17) is 5.26 Å². The van der Waals surface area contributed by atoms with Crippen molar-refractivity contribution < 1.29 is 14.7 Å². The van der Waals surface area contributed by atoms with Crippen molar-refractivity contribution in [3.05, 3.63) is 45.8 Å². The summed E-state index contributed by atoms with van der Waals surface area (Å²) in [5.74, 6) is -0.432. The fraction of sp³-hybridized carbons (Fsp3) is 0.188. The van der Waals surface area contributed by atoms with Gasteiger partial charge in [-0.05, 0) is 31.2 Å². The number of rotatable bonds is 5. The summed E-state index contributed by atoms with van der Waals surface area (Å²) in [6.45, 7) is 2.97. The van der Waals surface area contributed by atoms with Gasteiger partial charge in [-0.2, -0.15) is 5.26 Å². The number of aliphatic hydroxyl groups excluding tert-OH is 1. The first-order valence-corrected chi connectivity index (χ1v) is 8.32. The van der Waals surface area contributed by atoms with Crippen LogP contribution < -0.4 is 5.32 Å². The highest BCUT2D eigenvalue weighted by atomic mass is 32.2. The summed E-state index contributed by atoms with van der Waals surface area (Å²) in [6.07, 6.45) is 0. The Kier molecular flexibility index (Phi) is 5.55. The van der Waals surface area contributed by atoms with Crippen LogP contribution in [-0.2, 0) is 11.4 Å². The van der Waals surface area contributed by atoms with Gasteiger partial charge in [0.2, 0.25) is 5.91 Å². The van der Waals surface area contributed by atoms with Gasteiger partial charge in [-0.25, -0.2) is 0 Å². The molecule has 1 aromatic heterocycles. The Hall–Kier alpha value is -2.14. The quantitative estimate of drug-likeness (QED) is 0.492. The van der Waals surface area contributed by atoms with Crippen molar-refractivity contribution in [3.8, 4) is 5.40 Å². The van der Waals surface area contributed by atoms with Crippen molar-refractivity contribution in [3.63, 3.8) is 0 Å². The molecule has 0 aliphatic heterocycles. The zero-order valence-corrected chi connectivity index (χ0v) is 14.2. The van der Waals surface area contributed by atoms with Crippen molar-refractivity contribution in [1.82, 2.24) is 0 Å². The van der Waals surface area contributed by atoms with Crippen LogP contribution in [-0.4, -0.2) is 16.8 Å². The number of nitrogens with one attached hydrogen (secondary N) is 1. The van der Waals surface area contributed by atoms with Crippen molar-refractivity contribution in [2.45, 2.75) is 24.7 Å². The predicted molar refractivity (Wildman–Crippen MR) is 90.6 cm³/mol. The molecule has 0 saturated carbocycles. The van der Waals surface area contributed by atoms with E-state index in [9.17, 15) is 14.7 Å². The van der Waals surface area contributed by atoms with Crippen molar-refractivity contribution in [2.75, 3.05) is 5.32 Å². The predicted octanol–water partition coefficient (Wildman–Crippen LogP) is 3.31. The number of carbonyl (C=O) groups is 2. The summed E-state index contributed by atoms with van der Waals surface area (Å²) in [5.41, 5.74) is 1.98. The molecule has 0 atom stereocenters. The lowest BCUT2D eigenvalue weighted by molar-refractivity contribution is -0.114. The molecule has 2 rings (SSSR count). The number of benzene rings is 1. The van der Waals surface area contributed by atoms with Gasteiger partial charge >= 0.3 is 0 Å². The SMILES string of the molecule is CC(=O)Nc1ccc(C(=O)c2c(SC#N)sc(C)c2CO)cc1. The molecule has 0 aliphatic carbocycles. The highest BCUT2D eigenvalue weighted by Crippen LogP contribution is 2.37. The summed E-state index contributed by atoms with van der Waals surface area (Å²) in [6, 6.07) is 6.51. The molecular weight excluding hydrogens is 332 g/mol. The van der Waals surface area contributed by atoms with Crippen LogP contribution in [0, 0.1) is 17.6 Å². The molecule has 0 radical (unpaired) electrons. The van der Waals surface area contributed by atoms with E-state index in [1.165, 1.54) is 18.3 Å². The number of ketones is 1. The third-order valence-corrected chi connectivity index (χ3v) is 5.09. The van der Waals surface area contributed by atoms with E-state index in [0.717, 1.165) is 16.6 Å². The number of thiocyanates is 1. The molecular formula is C16H14N2O3S2. The van der Waals surface area contributed by atoms with Gasteiger partial charge in [-0.1, -0.05) is 0 Å². The second-order valence-electron chi connectivity index (χ2n) is 4.74. The number of amides is 1. The van der Waals surface area contributed by atoms with E-state index in [0.29, 0.717) is 26.6 Å². The van der Waals surface area contributed by atoms with E-state index in [1.54, 1.807) is 24.3 Å². The van der Waals surface area contributed by atoms with Gasteiger partial charge < -0.3 is 10.4 Å². The molecule has 0 spiro atoms. The molecule has 2 aromatic rings. The molecule has 1 amide bonds. The molecule has 1 heterocycles. The molecule has 0 bridgehead atoms. The van der Waals surface area contributed by atoms with Crippen molar-refractivity contribution >= 4 is 40.5 Å². The maximum atomic E-state index is 12.8. The minimum absolute atomic E-state index is 0.187. The minimum Gasteiger partial charge on any atom is -0.392 e. The molecule has 23 heavy (non-hydrogen) atoms. The maximum absolute atomic E-state index is 12.8. The molecule has 7 heteroatoms. The highest BCUT2D eigenvalue weighted by molar-refractivity contribution is 8.05. The Morgan fingerprint density at radius 1 is 1.35 bits per heavy atom. The number of aryl methyl sites for hydroxylation is 1. The number of carbonyl (C=O) groups excluding carboxylic acids is 2. The summed E-state index contributed by atoms with van der Waals surface area (Å²) in [7, 11) is 0. The standard InChI is InChI=1S/C16H14N2O3S2/c1-9-13(7-19)14(16(23-9)22-8-17)15(21)11-3-5-12(6-4-11)18-10(2)20/h3-6,19H,7H2,1-2H3,(H,18,20). The summed E-state index contributed by atoms with van der Waals surface area (Å²) in [5, 5.41) is 23.0. The van der Waals surface area contributed by atoms with Crippen LogP contribution in [0.3, 0.4) is 0 Å². The molecule has 0 aliphatic rings. The minimum atomic E-state index is -0.251. The largest absolute Gasteiger partial charge is 0.392 e. The number of aliphatic hydroxyl groups is 1. The lowest BCUT2D eigenvalue weighted by Gasteiger charge is -2.06. The number of nitriles is 1. The van der Waals surface area contributed by atoms with E-state index < -0.39 is 0 Å². The Morgan fingerprint density at radius 2 is 2.00 bits per heavy atom. The van der Waals surface area contributed by atoms with Crippen molar-refractivity contribution in [1.29, 1.82) is 5.26 Å². The van der Waals surface area contributed by atoms with Gasteiger partial charge in [0.15, 0.2) is 5.78 Å². The third-order valence-electron chi connectivity index (χ3n) is 3.17. The fourth-order valence-corrected chi connectivity index (χ4v) is 4.08. The molecule has 5 nitrogen and oxygen atoms in total. The first kappa shape index (κ1) is 17.2. The zero-order valence-electron chi connectivity index (χ0n) is 12.5. The van der Waals surface area contributed by atoms with E-state index in [2.05, 4.69) is 5.32 Å². The Labute approximate surface area is 142 Å². The average molecular weight is 346 g/mol. The number of hydrogen-bond acceptors (Lipinski definition) is 6. The average Bonchev–Trinajstić information content (AvgIpc) is 2.82. The second kappa shape index (κ2) is 7.42. The summed E-state index contributed by atoms with van der Waals surface area (Å²) in [4.78, 5) is 24.6. The fourth-order valence-electron chi connectivity index (χ4n) is 2.14. The van der Waals surface area contributed by atoms with E-state index >= 15 is 0 Å². The third kappa shape index (κ3) is 3.79. The Bertz CT molecular complexity index is 789. The van der Waals surface area contributed by atoms with E-state index in [-0.39, 0.29) is 18.3 Å². The van der Waals surface area contributed by atoms with Crippen molar-refractivity contribution in [2.24, 2.45) is 0 Å². The molecule has 2 N–H and O–H groups in total. The first-order chi connectivity index (χ1) is 11.0. The Morgan fingerprint density at radius 3 is 2.52 bits per heavy atom. The zero-order chi connectivity index (χ0) is 17.0. The van der Waals surface area contributed by atoms with Crippen LogP contribution in [0.5, 0.6) is 0 Å². The van der Waals surface area contributed by atoms with Crippen LogP contribution in [0.25, 0.3) is 0 Å². The van der Waals surface area contributed by atoms with Crippen LogP contribution >= 0.6 is 23.1 Å².